The third-order valence-corrected chi connectivity index (χ3v) is 5.12. The van der Waals surface area contributed by atoms with Gasteiger partial charge in [-0.25, -0.2) is 9.78 Å². The van der Waals surface area contributed by atoms with E-state index < -0.39 is 30.2 Å². The van der Waals surface area contributed by atoms with Gasteiger partial charge in [0, 0.05) is 32.4 Å². The van der Waals surface area contributed by atoms with E-state index in [0.717, 1.165) is 6.07 Å². The van der Waals surface area contributed by atoms with Gasteiger partial charge in [0.25, 0.3) is 5.91 Å². The average molecular weight is 474 g/mol. The lowest BCUT2D eigenvalue weighted by Gasteiger charge is -2.35. The number of ether oxygens (including phenoxy) is 2. The molecule has 3 rings (SSSR count). The van der Waals surface area contributed by atoms with Crippen LogP contribution in [0.1, 0.15) is 15.9 Å². The molecule has 0 bridgehead atoms. The molecule has 0 spiro atoms. The number of methoxy groups -OCH3 is 1. The molecule has 2 heterocycles. The van der Waals surface area contributed by atoms with E-state index in [1.807, 2.05) is 0 Å². The van der Waals surface area contributed by atoms with Crippen LogP contribution in [0.2, 0.25) is 5.02 Å². The molecule has 2 aromatic rings. The Kier molecular flexibility index (Phi) is 6.97. The number of esters is 1. The molecule has 1 aliphatic rings. The van der Waals surface area contributed by atoms with Gasteiger partial charge in [0.05, 0.1) is 17.7 Å². The number of phenolic OH excluding ortho intramolecular Hbond substituents is 1. The second kappa shape index (κ2) is 9.51. The molecular weight excluding hydrogens is 455 g/mol. The minimum Gasteiger partial charge on any atom is -0.504 e. The van der Waals surface area contributed by atoms with Crippen LogP contribution >= 0.6 is 11.6 Å². The Labute approximate surface area is 186 Å². The number of aromatic nitrogens is 1. The second-order valence-electron chi connectivity index (χ2n) is 6.83. The maximum atomic E-state index is 12.8. The lowest BCUT2D eigenvalue weighted by atomic mass is 10.2. The van der Waals surface area contributed by atoms with Crippen LogP contribution in [0.15, 0.2) is 30.5 Å². The number of benzene rings is 1. The number of alkyl halides is 3. The zero-order valence-corrected chi connectivity index (χ0v) is 17.6. The topological polar surface area (TPSA) is 92.2 Å². The highest BCUT2D eigenvalue weighted by molar-refractivity contribution is 6.33. The summed E-state index contributed by atoms with van der Waals surface area (Å²) in [7, 11) is 1.33. The standard InChI is InChI=1S/C20H19ClF3N3O5/c1-31-15-4-2-3-13(17(15)29)19(30)32-11-16(28)26-5-7-27(8-6-26)18-14(21)9-12(10-25-18)20(22,23)24/h2-4,9-10,29H,5-8,11H2,1H3. The van der Waals surface area contributed by atoms with E-state index in [2.05, 4.69) is 4.98 Å². The van der Waals surface area contributed by atoms with Gasteiger partial charge in [-0.05, 0) is 18.2 Å². The molecule has 12 heteroatoms. The van der Waals surface area contributed by atoms with Crippen LogP contribution in [0.5, 0.6) is 11.5 Å². The van der Waals surface area contributed by atoms with Crippen molar-refractivity contribution >= 4 is 29.3 Å². The van der Waals surface area contributed by atoms with E-state index in [4.69, 9.17) is 21.1 Å². The number of phenols is 1. The summed E-state index contributed by atoms with van der Waals surface area (Å²) in [6, 6.07) is 5.12. The van der Waals surface area contributed by atoms with Crippen LogP contribution < -0.4 is 9.64 Å². The highest BCUT2D eigenvalue weighted by atomic mass is 35.5. The van der Waals surface area contributed by atoms with Gasteiger partial charge in [-0.2, -0.15) is 13.2 Å². The summed E-state index contributed by atoms with van der Waals surface area (Å²) >= 11 is 5.97. The lowest BCUT2D eigenvalue weighted by Crippen LogP contribution is -2.50. The number of pyridine rings is 1. The molecule has 1 saturated heterocycles. The van der Waals surface area contributed by atoms with Gasteiger partial charge in [-0.3, -0.25) is 4.79 Å². The molecule has 0 radical (unpaired) electrons. The molecule has 0 saturated carbocycles. The minimum absolute atomic E-state index is 0.0948. The van der Waals surface area contributed by atoms with Crippen LogP contribution in [0.4, 0.5) is 19.0 Å². The molecule has 1 aliphatic heterocycles. The van der Waals surface area contributed by atoms with Gasteiger partial charge in [-0.1, -0.05) is 17.7 Å². The van der Waals surface area contributed by atoms with Gasteiger partial charge >= 0.3 is 12.1 Å². The molecule has 0 atom stereocenters. The summed E-state index contributed by atoms with van der Waals surface area (Å²) in [4.78, 5) is 31.5. The largest absolute Gasteiger partial charge is 0.504 e. The van der Waals surface area contributed by atoms with E-state index in [1.54, 1.807) is 4.90 Å². The third-order valence-electron chi connectivity index (χ3n) is 4.85. The summed E-state index contributed by atoms with van der Waals surface area (Å²) in [5, 5.41) is 9.86. The van der Waals surface area contributed by atoms with Crippen LogP contribution in [0.25, 0.3) is 0 Å². The first-order chi connectivity index (χ1) is 15.1. The normalized spacial score (nSPS) is 14.3. The van der Waals surface area contributed by atoms with Gasteiger partial charge < -0.3 is 24.4 Å². The number of rotatable bonds is 5. The van der Waals surface area contributed by atoms with Crippen LogP contribution in [0.3, 0.4) is 0 Å². The van der Waals surface area contributed by atoms with Gasteiger partial charge in [0.1, 0.15) is 11.4 Å². The van der Waals surface area contributed by atoms with Crippen molar-refractivity contribution < 1.29 is 37.3 Å². The zero-order valence-electron chi connectivity index (χ0n) is 16.9. The molecule has 1 N–H and O–H groups in total. The van der Waals surface area contributed by atoms with Gasteiger partial charge in [-0.15, -0.1) is 0 Å². The van der Waals surface area contributed by atoms with Crippen molar-refractivity contribution in [2.45, 2.75) is 6.18 Å². The van der Waals surface area contributed by atoms with Crippen molar-refractivity contribution in [1.82, 2.24) is 9.88 Å². The third kappa shape index (κ3) is 5.16. The predicted molar refractivity (Wildman–Crippen MR) is 108 cm³/mol. The lowest BCUT2D eigenvalue weighted by molar-refractivity contribution is -0.138. The molecule has 1 fully saturated rings. The quantitative estimate of drug-likeness (QED) is 0.667. The fraction of sp³-hybridized carbons (Fsp3) is 0.350. The van der Waals surface area contributed by atoms with E-state index in [-0.39, 0.29) is 54.1 Å². The molecule has 1 amide bonds. The average Bonchev–Trinajstić information content (AvgIpc) is 2.77. The fourth-order valence-electron chi connectivity index (χ4n) is 3.13. The SMILES string of the molecule is COc1cccc(C(=O)OCC(=O)N2CCN(c3ncc(C(F)(F)F)cc3Cl)CC2)c1O. The summed E-state index contributed by atoms with van der Waals surface area (Å²) in [5.41, 5.74) is -1.08. The number of halogens is 4. The summed E-state index contributed by atoms with van der Waals surface area (Å²) in [5.74, 6) is -1.42. The van der Waals surface area contributed by atoms with E-state index >= 15 is 0 Å². The van der Waals surface area contributed by atoms with E-state index in [9.17, 15) is 27.9 Å². The zero-order chi connectivity index (χ0) is 23.5. The Hall–Kier alpha value is -3.21. The van der Waals surface area contributed by atoms with Crippen LogP contribution in [-0.2, 0) is 15.7 Å². The summed E-state index contributed by atoms with van der Waals surface area (Å²) in [6.45, 7) is 0.511. The molecule has 8 nitrogen and oxygen atoms in total. The van der Waals surface area contributed by atoms with E-state index in [0.29, 0.717) is 6.20 Å². The first kappa shape index (κ1) is 23.5. The molecular formula is C20H19ClF3N3O5. The Balaban J connectivity index is 1.54. The number of piperazine rings is 1. The number of amides is 1. The summed E-state index contributed by atoms with van der Waals surface area (Å²) in [6.07, 6.45) is -3.83. The Morgan fingerprint density at radius 1 is 1.22 bits per heavy atom. The predicted octanol–water partition coefficient (Wildman–Crippen LogP) is 2.97. The van der Waals surface area contributed by atoms with Crippen molar-refractivity contribution in [3.63, 3.8) is 0 Å². The maximum Gasteiger partial charge on any atom is 0.417 e. The first-order valence-electron chi connectivity index (χ1n) is 9.40. The van der Waals surface area contributed by atoms with Crippen molar-refractivity contribution in [2.24, 2.45) is 0 Å². The first-order valence-corrected chi connectivity index (χ1v) is 9.78. The fourth-order valence-corrected chi connectivity index (χ4v) is 3.42. The van der Waals surface area contributed by atoms with Crippen LogP contribution in [-0.4, -0.2) is 66.8 Å². The van der Waals surface area contributed by atoms with Crippen molar-refractivity contribution in [2.75, 3.05) is 44.8 Å². The monoisotopic (exact) mass is 473 g/mol. The molecule has 172 valence electrons. The molecule has 1 aromatic heterocycles. The molecule has 0 unspecified atom stereocenters. The number of hydrogen-bond acceptors (Lipinski definition) is 7. The van der Waals surface area contributed by atoms with Gasteiger partial charge in [0.15, 0.2) is 18.1 Å². The minimum atomic E-state index is -4.54. The summed E-state index contributed by atoms with van der Waals surface area (Å²) < 4.78 is 48.2. The number of nitrogens with zero attached hydrogens (tertiary/aromatic N) is 3. The number of carbonyl (C=O) groups excluding carboxylic acids is 2. The van der Waals surface area contributed by atoms with Gasteiger partial charge in [0.2, 0.25) is 0 Å². The number of anilines is 1. The van der Waals surface area contributed by atoms with Crippen molar-refractivity contribution in [1.29, 1.82) is 0 Å². The Morgan fingerprint density at radius 3 is 2.50 bits per heavy atom. The molecule has 0 aliphatic carbocycles. The molecule has 32 heavy (non-hydrogen) atoms. The number of hydrogen-bond donors (Lipinski definition) is 1. The molecule has 1 aromatic carbocycles. The van der Waals surface area contributed by atoms with E-state index in [1.165, 1.54) is 30.2 Å². The highest BCUT2D eigenvalue weighted by Crippen LogP contribution is 2.34. The number of aromatic hydroxyl groups is 1. The smallest absolute Gasteiger partial charge is 0.417 e. The number of para-hydroxylation sites is 1. The number of carbonyl (C=O) groups is 2. The van der Waals surface area contributed by atoms with Crippen LogP contribution in [0, 0.1) is 0 Å². The Bertz CT molecular complexity index is 1010. The Morgan fingerprint density at radius 2 is 1.91 bits per heavy atom. The maximum absolute atomic E-state index is 12.8. The second-order valence-corrected chi connectivity index (χ2v) is 7.23. The van der Waals surface area contributed by atoms with Crippen molar-refractivity contribution in [3.05, 3.63) is 46.6 Å². The van der Waals surface area contributed by atoms with Crippen molar-refractivity contribution in [3.8, 4) is 11.5 Å². The highest BCUT2D eigenvalue weighted by Gasteiger charge is 2.32.